The zero-order valence-electron chi connectivity index (χ0n) is 12.2. The minimum Gasteiger partial charge on any atom is -0.477 e. The van der Waals surface area contributed by atoms with Crippen molar-refractivity contribution in [2.45, 2.75) is 13.8 Å². The van der Waals surface area contributed by atoms with E-state index >= 15 is 0 Å². The summed E-state index contributed by atoms with van der Waals surface area (Å²) >= 11 is 0. The van der Waals surface area contributed by atoms with Crippen LogP contribution in [0.5, 0.6) is 0 Å². The van der Waals surface area contributed by atoms with Crippen LogP contribution < -0.4 is 5.43 Å². The minimum absolute atomic E-state index is 0.0931. The summed E-state index contributed by atoms with van der Waals surface area (Å²) in [4.78, 5) is 24.2. The molecule has 0 aliphatic heterocycles. The maximum absolute atomic E-state index is 12.7. The topological polar surface area (TPSA) is 67.5 Å². The summed E-state index contributed by atoms with van der Waals surface area (Å²) in [5.41, 5.74) is 1.81. The standard InChI is InChI=1S/C18H14O4/c1-10-8-11(2)14-13(9-10)22-17(12-6-4-3-5-7-12)15(16(14)19)18(20)21/h3-9H,1-2H3,(H,20,21). The van der Waals surface area contributed by atoms with Crippen molar-refractivity contribution < 1.29 is 14.3 Å². The molecule has 110 valence electrons. The Morgan fingerprint density at radius 3 is 2.41 bits per heavy atom. The van der Waals surface area contributed by atoms with Gasteiger partial charge >= 0.3 is 5.97 Å². The SMILES string of the molecule is Cc1cc(C)c2c(=O)c(C(=O)O)c(-c3ccccc3)oc2c1. The summed E-state index contributed by atoms with van der Waals surface area (Å²) in [6.07, 6.45) is 0. The molecule has 0 saturated carbocycles. The number of hydrogen-bond acceptors (Lipinski definition) is 3. The Morgan fingerprint density at radius 1 is 1.09 bits per heavy atom. The Kier molecular flexibility index (Phi) is 3.29. The lowest BCUT2D eigenvalue weighted by molar-refractivity contribution is 0.0694. The summed E-state index contributed by atoms with van der Waals surface area (Å²) in [5, 5.41) is 9.77. The Bertz CT molecular complexity index is 937. The van der Waals surface area contributed by atoms with Gasteiger partial charge in [-0.05, 0) is 31.0 Å². The van der Waals surface area contributed by atoms with Crippen molar-refractivity contribution >= 4 is 16.9 Å². The average molecular weight is 294 g/mol. The van der Waals surface area contributed by atoms with Gasteiger partial charge in [-0.2, -0.15) is 0 Å². The minimum atomic E-state index is -1.28. The van der Waals surface area contributed by atoms with Gasteiger partial charge in [0.25, 0.3) is 0 Å². The fraction of sp³-hybridized carbons (Fsp3) is 0.111. The lowest BCUT2D eigenvalue weighted by Crippen LogP contribution is -2.17. The molecule has 1 heterocycles. The Hall–Kier alpha value is -2.88. The van der Waals surface area contributed by atoms with Gasteiger partial charge in [0.05, 0.1) is 5.39 Å². The summed E-state index contributed by atoms with van der Waals surface area (Å²) in [6.45, 7) is 3.68. The Morgan fingerprint density at radius 2 is 1.77 bits per heavy atom. The number of benzene rings is 2. The largest absolute Gasteiger partial charge is 0.477 e. The van der Waals surface area contributed by atoms with E-state index < -0.39 is 11.4 Å². The fourth-order valence-corrected chi connectivity index (χ4v) is 2.68. The molecule has 0 aliphatic carbocycles. The molecule has 4 nitrogen and oxygen atoms in total. The van der Waals surface area contributed by atoms with Crippen molar-refractivity contribution in [2.24, 2.45) is 0 Å². The van der Waals surface area contributed by atoms with E-state index in [1.54, 1.807) is 37.3 Å². The average Bonchev–Trinajstić information content (AvgIpc) is 2.46. The molecule has 1 aromatic heterocycles. The van der Waals surface area contributed by atoms with E-state index in [-0.39, 0.29) is 11.3 Å². The van der Waals surface area contributed by atoms with Crippen LogP contribution in [0.2, 0.25) is 0 Å². The van der Waals surface area contributed by atoms with Crippen LogP contribution in [0.4, 0.5) is 0 Å². The molecule has 0 aliphatic rings. The van der Waals surface area contributed by atoms with Gasteiger partial charge in [0.15, 0.2) is 11.3 Å². The van der Waals surface area contributed by atoms with Gasteiger partial charge in [0.1, 0.15) is 5.58 Å². The zero-order valence-corrected chi connectivity index (χ0v) is 12.2. The van der Waals surface area contributed by atoms with Crippen LogP contribution in [-0.4, -0.2) is 11.1 Å². The van der Waals surface area contributed by atoms with E-state index in [9.17, 15) is 14.7 Å². The molecule has 2 aromatic carbocycles. The Labute approximate surface area is 126 Å². The highest BCUT2D eigenvalue weighted by atomic mass is 16.4. The molecule has 0 unspecified atom stereocenters. The lowest BCUT2D eigenvalue weighted by Gasteiger charge is -2.09. The van der Waals surface area contributed by atoms with Crippen molar-refractivity contribution in [3.63, 3.8) is 0 Å². The van der Waals surface area contributed by atoms with Crippen LogP contribution in [-0.2, 0) is 0 Å². The van der Waals surface area contributed by atoms with Crippen molar-refractivity contribution in [2.75, 3.05) is 0 Å². The predicted octanol–water partition coefficient (Wildman–Crippen LogP) is 3.78. The van der Waals surface area contributed by atoms with E-state index in [1.807, 2.05) is 19.1 Å². The molecule has 4 heteroatoms. The van der Waals surface area contributed by atoms with Crippen LogP contribution in [0, 0.1) is 13.8 Å². The number of carboxylic acid groups (broad SMARTS) is 1. The lowest BCUT2D eigenvalue weighted by atomic mass is 10.0. The molecule has 0 spiro atoms. The molecule has 3 rings (SSSR count). The molecule has 3 aromatic rings. The quantitative estimate of drug-likeness (QED) is 0.781. The van der Waals surface area contributed by atoms with Crippen LogP contribution in [0.1, 0.15) is 21.5 Å². The monoisotopic (exact) mass is 294 g/mol. The molecule has 0 saturated heterocycles. The summed E-state index contributed by atoms with van der Waals surface area (Å²) in [6, 6.07) is 12.4. The third-order valence-corrected chi connectivity index (χ3v) is 3.59. The van der Waals surface area contributed by atoms with Crippen LogP contribution in [0.3, 0.4) is 0 Å². The number of hydrogen-bond donors (Lipinski definition) is 1. The number of aromatic carboxylic acids is 1. The number of carboxylic acids is 1. The number of aryl methyl sites for hydroxylation is 2. The van der Waals surface area contributed by atoms with Gasteiger partial charge < -0.3 is 9.52 Å². The predicted molar refractivity (Wildman–Crippen MR) is 84.4 cm³/mol. The molecule has 0 atom stereocenters. The maximum Gasteiger partial charge on any atom is 0.343 e. The molecule has 0 amide bonds. The second-order valence-corrected chi connectivity index (χ2v) is 5.26. The Balaban J connectivity index is 2.49. The molecule has 0 fully saturated rings. The van der Waals surface area contributed by atoms with E-state index in [1.165, 1.54) is 0 Å². The molecule has 22 heavy (non-hydrogen) atoms. The molecule has 0 bridgehead atoms. The number of fused-ring (bicyclic) bond motifs is 1. The first-order valence-electron chi connectivity index (χ1n) is 6.86. The molecule has 1 N–H and O–H groups in total. The van der Waals surface area contributed by atoms with Gasteiger partial charge in [-0.25, -0.2) is 4.79 Å². The molecular formula is C18H14O4. The third-order valence-electron chi connectivity index (χ3n) is 3.59. The van der Waals surface area contributed by atoms with Crippen molar-refractivity contribution in [1.29, 1.82) is 0 Å². The normalized spacial score (nSPS) is 10.8. The highest BCUT2D eigenvalue weighted by Crippen LogP contribution is 2.27. The van der Waals surface area contributed by atoms with E-state index in [0.717, 1.165) is 5.56 Å². The van der Waals surface area contributed by atoms with Crippen LogP contribution in [0.15, 0.2) is 51.7 Å². The molecular weight excluding hydrogens is 280 g/mol. The summed E-state index contributed by atoms with van der Waals surface area (Å²) in [5.74, 6) is -1.19. The maximum atomic E-state index is 12.7. The first-order chi connectivity index (χ1) is 10.5. The van der Waals surface area contributed by atoms with Gasteiger partial charge in [0.2, 0.25) is 5.43 Å². The van der Waals surface area contributed by atoms with Crippen LogP contribution >= 0.6 is 0 Å². The third kappa shape index (κ3) is 2.19. The van der Waals surface area contributed by atoms with E-state index in [2.05, 4.69) is 0 Å². The van der Waals surface area contributed by atoms with Crippen LogP contribution in [0.25, 0.3) is 22.3 Å². The van der Waals surface area contributed by atoms with E-state index in [4.69, 9.17) is 4.42 Å². The van der Waals surface area contributed by atoms with E-state index in [0.29, 0.717) is 22.1 Å². The first kappa shape index (κ1) is 14.1. The van der Waals surface area contributed by atoms with Crippen molar-refractivity contribution in [3.05, 3.63) is 69.4 Å². The highest BCUT2D eigenvalue weighted by molar-refractivity contribution is 5.98. The summed E-state index contributed by atoms with van der Waals surface area (Å²) < 4.78 is 5.80. The summed E-state index contributed by atoms with van der Waals surface area (Å²) in [7, 11) is 0. The van der Waals surface area contributed by atoms with Gasteiger partial charge in [-0.3, -0.25) is 4.79 Å². The van der Waals surface area contributed by atoms with Gasteiger partial charge in [-0.15, -0.1) is 0 Å². The van der Waals surface area contributed by atoms with Gasteiger partial charge in [0, 0.05) is 5.56 Å². The number of carbonyl (C=O) groups is 1. The molecule has 0 radical (unpaired) electrons. The van der Waals surface area contributed by atoms with Crippen molar-refractivity contribution in [1.82, 2.24) is 0 Å². The van der Waals surface area contributed by atoms with Crippen molar-refractivity contribution in [3.8, 4) is 11.3 Å². The number of rotatable bonds is 2. The second-order valence-electron chi connectivity index (χ2n) is 5.26. The fourth-order valence-electron chi connectivity index (χ4n) is 2.68. The zero-order chi connectivity index (χ0) is 15.9. The van der Waals surface area contributed by atoms with Gasteiger partial charge in [-0.1, -0.05) is 36.4 Å². The smallest absolute Gasteiger partial charge is 0.343 e. The highest BCUT2D eigenvalue weighted by Gasteiger charge is 2.22. The second kappa shape index (κ2) is 5.15. The first-order valence-corrected chi connectivity index (χ1v) is 6.86.